The molecule has 4 nitrogen and oxygen atoms in total. The Morgan fingerprint density at radius 1 is 1.30 bits per heavy atom. The molecule has 0 amide bonds. The second-order valence-corrected chi connectivity index (χ2v) is 5.44. The molecule has 2 heterocycles. The normalized spacial score (nSPS) is 11.2. The molecule has 3 aromatic rings. The van der Waals surface area contributed by atoms with Crippen molar-refractivity contribution in [3.8, 4) is 0 Å². The van der Waals surface area contributed by atoms with Gasteiger partial charge in [-0.1, -0.05) is 6.07 Å². The lowest BCUT2D eigenvalue weighted by Crippen LogP contribution is -2.06. The number of imidazole rings is 1. The van der Waals surface area contributed by atoms with E-state index in [1.54, 1.807) is 10.6 Å². The van der Waals surface area contributed by atoms with Gasteiger partial charge >= 0.3 is 0 Å². The van der Waals surface area contributed by atoms with Crippen molar-refractivity contribution in [2.24, 2.45) is 0 Å². The largest absolute Gasteiger partial charge is 0.369 e. The fraction of sp³-hybridized carbons (Fsp3) is 0.143. The van der Waals surface area contributed by atoms with E-state index in [1.165, 1.54) is 6.07 Å². The molecule has 0 saturated carbocycles. The molecule has 0 aliphatic heterocycles. The van der Waals surface area contributed by atoms with Gasteiger partial charge in [0.1, 0.15) is 5.82 Å². The van der Waals surface area contributed by atoms with Crippen LogP contribution in [0.25, 0.3) is 11.0 Å². The van der Waals surface area contributed by atoms with E-state index in [0.717, 1.165) is 11.4 Å². The summed E-state index contributed by atoms with van der Waals surface area (Å²) in [6.45, 7) is 2.39. The minimum atomic E-state index is -0.337. The van der Waals surface area contributed by atoms with Crippen molar-refractivity contribution >= 4 is 32.9 Å². The van der Waals surface area contributed by atoms with Crippen molar-refractivity contribution in [3.05, 3.63) is 52.0 Å². The Hall–Kier alpha value is -1.95. The van der Waals surface area contributed by atoms with E-state index in [0.29, 0.717) is 28.0 Å². The first-order valence-electron chi connectivity index (χ1n) is 6.08. The van der Waals surface area contributed by atoms with Gasteiger partial charge in [-0.15, -0.1) is 0 Å². The minimum Gasteiger partial charge on any atom is -0.369 e. The Balaban J connectivity index is 2.11. The Bertz CT molecular complexity index is 797. The Kier molecular flexibility index (Phi) is 3.17. The predicted octanol–water partition coefficient (Wildman–Crippen LogP) is 3.27. The molecular weight excluding hydrogens is 323 g/mol. The number of pyridine rings is 1. The van der Waals surface area contributed by atoms with Crippen molar-refractivity contribution in [2.45, 2.75) is 13.5 Å². The molecule has 6 heteroatoms. The molecule has 0 aliphatic carbocycles. The summed E-state index contributed by atoms with van der Waals surface area (Å²) >= 11 is 3.15. The lowest BCUT2D eigenvalue weighted by molar-refractivity contribution is 0.622. The highest BCUT2D eigenvalue weighted by Crippen LogP contribution is 2.25. The fourth-order valence-electron chi connectivity index (χ4n) is 2.15. The molecule has 0 radical (unpaired) electrons. The molecule has 1 aromatic carbocycles. The molecule has 0 fully saturated rings. The van der Waals surface area contributed by atoms with E-state index < -0.39 is 0 Å². The first-order chi connectivity index (χ1) is 9.54. The lowest BCUT2D eigenvalue weighted by atomic mass is 10.3. The van der Waals surface area contributed by atoms with Crippen LogP contribution in [0, 0.1) is 12.7 Å². The maximum absolute atomic E-state index is 13.7. The van der Waals surface area contributed by atoms with Crippen LogP contribution in [0.1, 0.15) is 11.4 Å². The number of benzene rings is 1. The average Bonchev–Trinajstić information content (AvgIpc) is 2.67. The van der Waals surface area contributed by atoms with Crippen LogP contribution < -0.4 is 5.73 Å². The molecule has 0 bridgehead atoms. The molecule has 20 heavy (non-hydrogen) atoms. The van der Waals surface area contributed by atoms with Gasteiger partial charge in [0.15, 0.2) is 0 Å². The number of hydrogen-bond donors (Lipinski definition) is 1. The fourth-order valence-corrected chi connectivity index (χ4v) is 2.49. The second-order valence-electron chi connectivity index (χ2n) is 4.58. The summed E-state index contributed by atoms with van der Waals surface area (Å²) in [6.07, 6.45) is 0. The number of rotatable bonds is 2. The van der Waals surface area contributed by atoms with Crippen LogP contribution in [0.3, 0.4) is 0 Å². The van der Waals surface area contributed by atoms with Crippen molar-refractivity contribution in [1.82, 2.24) is 14.5 Å². The molecule has 3 rings (SSSR count). The predicted molar refractivity (Wildman–Crippen MR) is 79.9 cm³/mol. The third-order valence-electron chi connectivity index (χ3n) is 3.09. The van der Waals surface area contributed by atoms with Crippen LogP contribution in [-0.4, -0.2) is 14.5 Å². The Morgan fingerprint density at radius 2 is 2.10 bits per heavy atom. The zero-order valence-corrected chi connectivity index (χ0v) is 12.4. The van der Waals surface area contributed by atoms with Gasteiger partial charge in [0.2, 0.25) is 5.95 Å². The first-order valence-corrected chi connectivity index (χ1v) is 6.87. The molecule has 102 valence electrons. The van der Waals surface area contributed by atoms with Crippen LogP contribution in [0.15, 0.2) is 34.8 Å². The summed E-state index contributed by atoms with van der Waals surface area (Å²) in [7, 11) is 0. The minimum absolute atomic E-state index is 0.337. The van der Waals surface area contributed by atoms with E-state index in [9.17, 15) is 4.39 Å². The van der Waals surface area contributed by atoms with E-state index in [4.69, 9.17) is 5.73 Å². The summed E-state index contributed by atoms with van der Waals surface area (Å²) in [5, 5.41) is 0. The maximum atomic E-state index is 13.7. The lowest BCUT2D eigenvalue weighted by Gasteiger charge is -2.07. The smallest absolute Gasteiger partial charge is 0.201 e. The summed E-state index contributed by atoms with van der Waals surface area (Å²) in [4.78, 5) is 8.68. The number of nitrogen functional groups attached to an aromatic ring is 1. The highest BCUT2D eigenvalue weighted by Gasteiger charge is 2.12. The molecular formula is C14H12BrFN4. The number of halogens is 2. The van der Waals surface area contributed by atoms with Gasteiger partial charge in [-0.3, -0.25) is 4.98 Å². The standard InChI is InChI=1S/C14H12BrFN4/c1-8-3-2-4-9(18-8)7-20-13-6-11(16)10(15)5-12(13)19-14(20)17/h2-6H,7H2,1H3,(H2,17,19). The topological polar surface area (TPSA) is 56.7 Å². The van der Waals surface area contributed by atoms with Gasteiger partial charge in [-0.05, 0) is 41.1 Å². The Labute approximate surface area is 123 Å². The number of nitrogens with zero attached hydrogens (tertiary/aromatic N) is 3. The van der Waals surface area contributed by atoms with Crippen LogP contribution in [0.5, 0.6) is 0 Å². The number of fused-ring (bicyclic) bond motifs is 1. The van der Waals surface area contributed by atoms with Crippen LogP contribution >= 0.6 is 15.9 Å². The van der Waals surface area contributed by atoms with E-state index in [2.05, 4.69) is 25.9 Å². The number of aromatic nitrogens is 3. The van der Waals surface area contributed by atoms with E-state index >= 15 is 0 Å². The summed E-state index contributed by atoms with van der Waals surface area (Å²) < 4.78 is 15.8. The van der Waals surface area contributed by atoms with Gasteiger partial charge < -0.3 is 10.3 Å². The summed E-state index contributed by atoms with van der Waals surface area (Å²) in [5.41, 5.74) is 9.03. The molecule has 0 saturated heterocycles. The number of hydrogen-bond acceptors (Lipinski definition) is 3. The van der Waals surface area contributed by atoms with E-state index in [-0.39, 0.29) is 5.82 Å². The molecule has 0 aliphatic rings. The van der Waals surface area contributed by atoms with Gasteiger partial charge in [0, 0.05) is 11.8 Å². The van der Waals surface area contributed by atoms with Crippen molar-refractivity contribution in [2.75, 3.05) is 5.73 Å². The third-order valence-corrected chi connectivity index (χ3v) is 3.69. The second kappa shape index (κ2) is 4.86. The molecule has 0 spiro atoms. The number of nitrogens with two attached hydrogens (primary N) is 1. The molecule has 2 N–H and O–H groups in total. The van der Waals surface area contributed by atoms with Crippen LogP contribution in [0.4, 0.5) is 10.3 Å². The van der Waals surface area contributed by atoms with Crippen molar-refractivity contribution < 1.29 is 4.39 Å². The highest BCUT2D eigenvalue weighted by molar-refractivity contribution is 9.10. The zero-order chi connectivity index (χ0) is 14.3. The SMILES string of the molecule is Cc1cccc(Cn2c(N)nc3cc(Br)c(F)cc32)n1. The van der Waals surface area contributed by atoms with Gasteiger partial charge in [-0.25, -0.2) is 9.37 Å². The monoisotopic (exact) mass is 334 g/mol. The molecule has 2 aromatic heterocycles. The van der Waals surface area contributed by atoms with Crippen molar-refractivity contribution in [1.29, 1.82) is 0 Å². The highest BCUT2D eigenvalue weighted by atomic mass is 79.9. The Morgan fingerprint density at radius 3 is 2.85 bits per heavy atom. The summed E-state index contributed by atoms with van der Waals surface area (Å²) in [5.74, 6) is 0.0108. The molecule has 0 unspecified atom stereocenters. The number of aryl methyl sites for hydroxylation is 1. The van der Waals surface area contributed by atoms with Gasteiger partial charge in [-0.2, -0.15) is 0 Å². The van der Waals surface area contributed by atoms with Crippen LogP contribution in [0.2, 0.25) is 0 Å². The molecule has 0 atom stereocenters. The zero-order valence-electron chi connectivity index (χ0n) is 10.8. The quantitative estimate of drug-likeness (QED) is 0.782. The van der Waals surface area contributed by atoms with Gasteiger partial charge in [0.25, 0.3) is 0 Å². The van der Waals surface area contributed by atoms with Crippen LogP contribution in [-0.2, 0) is 6.54 Å². The third kappa shape index (κ3) is 2.27. The average molecular weight is 335 g/mol. The van der Waals surface area contributed by atoms with Gasteiger partial charge in [0.05, 0.1) is 27.7 Å². The first kappa shape index (κ1) is 13.1. The summed E-state index contributed by atoms with van der Waals surface area (Å²) in [6, 6.07) is 8.83. The van der Waals surface area contributed by atoms with E-state index in [1.807, 2.05) is 25.1 Å². The van der Waals surface area contributed by atoms with Crippen molar-refractivity contribution in [3.63, 3.8) is 0 Å². The maximum Gasteiger partial charge on any atom is 0.201 e. The number of anilines is 1.